The van der Waals surface area contributed by atoms with E-state index >= 15 is 0 Å². The second-order valence-electron chi connectivity index (χ2n) is 6.51. The number of imidazole rings is 1. The van der Waals surface area contributed by atoms with Crippen LogP contribution in [0, 0.1) is 0 Å². The van der Waals surface area contributed by atoms with E-state index in [1.165, 1.54) is 0 Å². The maximum atomic E-state index is 13.3. The van der Waals surface area contributed by atoms with Crippen LogP contribution in [0.1, 0.15) is 20.8 Å². The number of aromatic nitrogens is 2. The van der Waals surface area contributed by atoms with Crippen LogP contribution in [0.5, 0.6) is 5.75 Å². The molecule has 0 fully saturated rings. The maximum absolute atomic E-state index is 13.3. The highest BCUT2D eigenvalue weighted by Crippen LogP contribution is 2.29. The van der Waals surface area contributed by atoms with E-state index in [9.17, 15) is 4.79 Å². The van der Waals surface area contributed by atoms with Crippen molar-refractivity contribution < 1.29 is 4.74 Å². The number of nitrogens with one attached hydrogen (secondary N) is 1. The van der Waals surface area contributed by atoms with E-state index in [0.29, 0.717) is 16.5 Å². The summed E-state index contributed by atoms with van der Waals surface area (Å²) in [5.41, 5.74) is 3.38. The smallest absolute Gasteiger partial charge is 0.199 e. The Kier molecular flexibility index (Phi) is 5.99. The molecular weight excluding hydrogens is 352 g/mol. The molecule has 2 aromatic heterocycles. The number of methoxy groups -OCH3 is 1. The topological polar surface area (TPSA) is 58.9 Å². The Morgan fingerprint density at radius 1 is 1.21 bits per heavy atom. The number of benzene rings is 2. The van der Waals surface area contributed by atoms with Crippen molar-refractivity contribution in [2.45, 2.75) is 20.8 Å². The summed E-state index contributed by atoms with van der Waals surface area (Å²) in [7, 11) is 3.69. The molecule has 2 aromatic carbocycles. The molecule has 4 aromatic rings. The number of fused-ring (bicyclic) bond motifs is 2. The fourth-order valence-electron chi connectivity index (χ4n) is 3.37. The van der Waals surface area contributed by atoms with Crippen molar-refractivity contribution in [1.29, 1.82) is 0 Å². The summed E-state index contributed by atoms with van der Waals surface area (Å²) in [6.07, 6.45) is 1.78. The van der Waals surface area contributed by atoms with Crippen molar-refractivity contribution in [3.8, 4) is 5.75 Å². The van der Waals surface area contributed by atoms with Gasteiger partial charge in [-0.2, -0.15) is 0 Å². The van der Waals surface area contributed by atoms with Crippen LogP contribution >= 0.6 is 0 Å². The predicted molar refractivity (Wildman–Crippen MR) is 117 cm³/mol. The van der Waals surface area contributed by atoms with E-state index in [1.807, 2.05) is 42.5 Å². The lowest BCUT2D eigenvalue weighted by molar-refractivity contribution is 0.367. The van der Waals surface area contributed by atoms with Crippen LogP contribution in [0.2, 0.25) is 0 Å². The molecule has 0 aliphatic rings. The molecule has 0 radical (unpaired) electrons. The molecule has 2 heterocycles. The van der Waals surface area contributed by atoms with Gasteiger partial charge in [0.2, 0.25) is 0 Å². The first kappa shape index (κ1) is 19.9. The van der Waals surface area contributed by atoms with Crippen LogP contribution in [0.3, 0.4) is 0 Å². The first-order valence-electron chi connectivity index (χ1n) is 9.79. The molecule has 0 atom stereocenters. The molecule has 0 spiro atoms. The Morgan fingerprint density at radius 3 is 2.71 bits per heavy atom. The van der Waals surface area contributed by atoms with E-state index in [1.54, 1.807) is 19.5 Å². The summed E-state index contributed by atoms with van der Waals surface area (Å²) >= 11 is 0. The van der Waals surface area contributed by atoms with Gasteiger partial charge < -0.3 is 15.0 Å². The minimum absolute atomic E-state index is 0.00356. The molecule has 0 unspecified atom stereocenters. The highest BCUT2D eigenvalue weighted by atomic mass is 16.5. The summed E-state index contributed by atoms with van der Waals surface area (Å²) in [6.45, 7) is 8.80. The third-order valence-corrected chi connectivity index (χ3v) is 4.99. The maximum Gasteiger partial charge on any atom is 0.199 e. The monoisotopic (exact) mass is 380 g/mol. The Labute approximate surface area is 165 Å². The van der Waals surface area contributed by atoms with Crippen LogP contribution in [-0.4, -0.2) is 48.1 Å². The zero-order valence-electron chi connectivity index (χ0n) is 17.2. The number of ether oxygens (including phenoxy) is 1. The molecular formula is C22H28N4O2. The third kappa shape index (κ3) is 3.36. The van der Waals surface area contributed by atoms with Gasteiger partial charge in [-0.25, -0.2) is 4.98 Å². The standard InChI is InChI=1S/C20H22N4O2.C2H6/c1-4-23(2)10-9-21-15-6-7-16-19-18(15)20(25)14-11-13(26-3)5-8-17(14)24(19)12-22-16;1-2/h5-8,11-12,21H,4,9-10H2,1-3H3;1-2H3. The zero-order valence-corrected chi connectivity index (χ0v) is 17.2. The molecule has 0 aliphatic heterocycles. The van der Waals surface area contributed by atoms with Crippen molar-refractivity contribution in [3.05, 3.63) is 46.9 Å². The van der Waals surface area contributed by atoms with Gasteiger partial charge in [0.05, 0.1) is 34.4 Å². The minimum atomic E-state index is 0.00356. The quantitative estimate of drug-likeness (QED) is 0.515. The summed E-state index contributed by atoms with van der Waals surface area (Å²) < 4.78 is 7.30. The van der Waals surface area contributed by atoms with Gasteiger partial charge in [-0.1, -0.05) is 20.8 Å². The SMILES string of the molecule is CC.CCN(C)CCNc1ccc2ncn3c4ccc(OC)cc4c(=O)c1c23. The van der Waals surface area contributed by atoms with E-state index in [4.69, 9.17) is 4.74 Å². The van der Waals surface area contributed by atoms with Crippen LogP contribution in [0.25, 0.3) is 27.3 Å². The third-order valence-electron chi connectivity index (χ3n) is 4.99. The number of anilines is 1. The second kappa shape index (κ2) is 8.44. The fraction of sp³-hybridized carbons (Fsp3) is 0.364. The van der Waals surface area contributed by atoms with Crippen molar-refractivity contribution in [1.82, 2.24) is 14.3 Å². The van der Waals surface area contributed by atoms with Gasteiger partial charge in [0, 0.05) is 18.8 Å². The summed E-state index contributed by atoms with van der Waals surface area (Å²) in [5, 5.41) is 4.74. The van der Waals surface area contributed by atoms with Crippen molar-refractivity contribution in [2.75, 3.05) is 39.1 Å². The molecule has 6 nitrogen and oxygen atoms in total. The number of nitrogens with zero attached hydrogens (tertiary/aromatic N) is 3. The molecule has 1 N–H and O–H groups in total. The first-order chi connectivity index (χ1) is 13.6. The number of hydrogen-bond acceptors (Lipinski definition) is 5. The average Bonchev–Trinajstić information content (AvgIpc) is 3.17. The number of likely N-dealkylation sites (N-methyl/N-ethyl adjacent to an activating group) is 1. The van der Waals surface area contributed by atoms with Crippen molar-refractivity contribution in [3.63, 3.8) is 0 Å². The Balaban J connectivity index is 0.00000109. The van der Waals surface area contributed by atoms with Gasteiger partial charge in [-0.05, 0) is 43.9 Å². The number of pyridine rings is 1. The van der Waals surface area contributed by atoms with E-state index < -0.39 is 0 Å². The van der Waals surface area contributed by atoms with Gasteiger partial charge in [0.25, 0.3) is 0 Å². The van der Waals surface area contributed by atoms with Crippen molar-refractivity contribution in [2.24, 2.45) is 0 Å². The second-order valence-corrected chi connectivity index (χ2v) is 6.51. The van der Waals surface area contributed by atoms with Gasteiger partial charge in [0.15, 0.2) is 5.43 Å². The molecule has 4 rings (SSSR count). The Bertz CT molecular complexity index is 1140. The first-order valence-corrected chi connectivity index (χ1v) is 9.79. The predicted octanol–water partition coefficient (Wildman–Crippen LogP) is 3.84. The zero-order chi connectivity index (χ0) is 20.3. The van der Waals surface area contributed by atoms with Gasteiger partial charge in [-0.15, -0.1) is 0 Å². The summed E-state index contributed by atoms with van der Waals surface area (Å²) in [5.74, 6) is 0.673. The van der Waals surface area contributed by atoms with Crippen LogP contribution < -0.4 is 15.5 Å². The van der Waals surface area contributed by atoms with Gasteiger partial charge >= 0.3 is 0 Å². The fourth-order valence-corrected chi connectivity index (χ4v) is 3.37. The Hall–Kier alpha value is -2.86. The highest BCUT2D eigenvalue weighted by Gasteiger charge is 2.16. The van der Waals surface area contributed by atoms with E-state index in [0.717, 1.165) is 41.9 Å². The molecule has 0 amide bonds. The highest BCUT2D eigenvalue weighted by molar-refractivity contribution is 6.07. The van der Waals surface area contributed by atoms with Crippen LogP contribution in [0.4, 0.5) is 5.69 Å². The summed E-state index contributed by atoms with van der Waals surface area (Å²) in [6, 6.07) is 9.49. The molecule has 0 saturated carbocycles. The Morgan fingerprint density at radius 2 is 2.00 bits per heavy atom. The molecule has 0 saturated heterocycles. The van der Waals surface area contributed by atoms with E-state index in [-0.39, 0.29) is 5.43 Å². The molecule has 28 heavy (non-hydrogen) atoms. The molecule has 0 aliphatic carbocycles. The van der Waals surface area contributed by atoms with Crippen LogP contribution in [-0.2, 0) is 0 Å². The van der Waals surface area contributed by atoms with Crippen molar-refractivity contribution >= 4 is 33.0 Å². The average molecular weight is 380 g/mol. The van der Waals surface area contributed by atoms with Crippen LogP contribution in [0.15, 0.2) is 41.5 Å². The van der Waals surface area contributed by atoms with Gasteiger partial charge in [0.1, 0.15) is 12.1 Å². The van der Waals surface area contributed by atoms with Gasteiger partial charge in [-0.3, -0.25) is 9.20 Å². The lowest BCUT2D eigenvalue weighted by atomic mass is 10.1. The molecule has 148 valence electrons. The number of rotatable bonds is 6. The summed E-state index contributed by atoms with van der Waals surface area (Å²) in [4.78, 5) is 20.0. The normalized spacial score (nSPS) is 11.2. The molecule has 6 heteroatoms. The molecule has 0 bridgehead atoms. The largest absolute Gasteiger partial charge is 0.497 e. The lowest BCUT2D eigenvalue weighted by Crippen LogP contribution is -2.25. The lowest BCUT2D eigenvalue weighted by Gasteiger charge is -2.16. The van der Waals surface area contributed by atoms with E-state index in [2.05, 4.69) is 29.2 Å². The minimum Gasteiger partial charge on any atom is -0.497 e. The number of hydrogen-bond donors (Lipinski definition) is 1.